The van der Waals surface area contributed by atoms with E-state index in [0.29, 0.717) is 5.56 Å². The van der Waals surface area contributed by atoms with E-state index < -0.39 is 23.2 Å². The molecule has 17 heavy (non-hydrogen) atoms. The summed E-state index contributed by atoms with van der Waals surface area (Å²) in [5, 5.41) is 0. The number of ether oxygens (including phenoxy) is 1. The van der Waals surface area contributed by atoms with Crippen LogP contribution in [0.25, 0.3) is 0 Å². The van der Waals surface area contributed by atoms with Gasteiger partial charge in [-0.1, -0.05) is 22.0 Å². The zero-order valence-corrected chi connectivity index (χ0v) is 10.6. The third-order valence-electron chi connectivity index (χ3n) is 2.22. The van der Waals surface area contributed by atoms with Crippen molar-refractivity contribution in [2.75, 3.05) is 7.11 Å². The number of hydrogen-bond acceptors (Lipinski definition) is 1. The van der Waals surface area contributed by atoms with E-state index >= 15 is 0 Å². The third kappa shape index (κ3) is 4.53. The topological polar surface area (TPSA) is 9.23 Å². The summed E-state index contributed by atoms with van der Waals surface area (Å²) in [7, 11) is 1.33. The van der Waals surface area contributed by atoms with E-state index in [4.69, 9.17) is 4.74 Å². The Bertz CT molecular complexity index is 378. The van der Waals surface area contributed by atoms with Crippen molar-refractivity contribution in [1.29, 1.82) is 0 Å². The summed E-state index contributed by atoms with van der Waals surface area (Å²) < 4.78 is 54.1. The molecule has 0 amide bonds. The summed E-state index contributed by atoms with van der Waals surface area (Å²) in [4.78, 5) is -0.524. The monoisotopic (exact) mass is 314 g/mol. The normalized spacial score (nSPS) is 13.5. The Balaban J connectivity index is 2.69. The Hall–Kier alpha value is -0.780. The van der Waals surface area contributed by atoms with Gasteiger partial charge in [0.05, 0.1) is 7.11 Å². The molecule has 1 rings (SSSR count). The molecule has 1 unspecified atom stereocenters. The second kappa shape index (κ2) is 5.71. The van der Waals surface area contributed by atoms with E-state index in [1.165, 1.54) is 25.3 Å². The summed E-state index contributed by atoms with van der Waals surface area (Å²) in [5.74, 6) is -0.509. The molecule has 1 aromatic rings. The van der Waals surface area contributed by atoms with Crippen molar-refractivity contribution in [2.24, 2.45) is 0 Å². The molecule has 0 saturated heterocycles. The number of rotatable bonds is 4. The number of alkyl halides is 4. The van der Waals surface area contributed by atoms with Crippen LogP contribution < -0.4 is 4.74 Å². The quantitative estimate of drug-likeness (QED) is 0.582. The van der Waals surface area contributed by atoms with E-state index in [9.17, 15) is 17.6 Å². The Kier molecular flexibility index (Phi) is 4.80. The van der Waals surface area contributed by atoms with Gasteiger partial charge in [0.2, 0.25) is 0 Å². The Morgan fingerprint density at radius 2 is 2.00 bits per heavy atom. The van der Waals surface area contributed by atoms with Gasteiger partial charge < -0.3 is 4.74 Å². The maximum absolute atomic E-state index is 13.3. The maximum atomic E-state index is 13.3. The van der Waals surface area contributed by atoms with Gasteiger partial charge in [-0.15, -0.1) is 0 Å². The van der Waals surface area contributed by atoms with E-state index in [-0.39, 0.29) is 12.2 Å². The van der Waals surface area contributed by atoms with Crippen molar-refractivity contribution in [3.63, 3.8) is 0 Å². The molecule has 0 saturated carbocycles. The highest BCUT2D eigenvalue weighted by atomic mass is 79.9. The zero-order valence-electron chi connectivity index (χ0n) is 9.02. The van der Waals surface area contributed by atoms with Crippen LogP contribution in [0, 0.1) is 5.82 Å². The minimum atomic E-state index is -4.20. The predicted molar refractivity (Wildman–Crippen MR) is 59.9 cm³/mol. The first-order valence-electron chi connectivity index (χ1n) is 4.88. The van der Waals surface area contributed by atoms with Crippen LogP contribution in [0.15, 0.2) is 18.2 Å². The molecule has 0 spiro atoms. The molecule has 0 N–H and O–H groups in total. The van der Waals surface area contributed by atoms with Crippen LogP contribution in [0.3, 0.4) is 0 Å². The second-order valence-electron chi connectivity index (χ2n) is 3.52. The lowest BCUT2D eigenvalue weighted by molar-refractivity contribution is -0.135. The average Bonchev–Trinajstić information content (AvgIpc) is 2.24. The number of benzene rings is 1. The molecule has 0 aliphatic heterocycles. The molecule has 0 fully saturated rings. The number of methoxy groups -OCH3 is 1. The summed E-state index contributed by atoms with van der Waals surface area (Å²) in [5.41, 5.74) is 0.465. The van der Waals surface area contributed by atoms with E-state index in [1.54, 1.807) is 0 Å². The summed E-state index contributed by atoms with van der Waals surface area (Å²) in [6.07, 6.45) is -5.23. The van der Waals surface area contributed by atoms with Gasteiger partial charge in [-0.2, -0.15) is 13.2 Å². The van der Waals surface area contributed by atoms with Crippen LogP contribution in [0.1, 0.15) is 23.2 Å². The van der Waals surface area contributed by atoms with Gasteiger partial charge >= 0.3 is 6.18 Å². The second-order valence-corrected chi connectivity index (χ2v) is 4.62. The highest BCUT2D eigenvalue weighted by Crippen LogP contribution is 2.34. The van der Waals surface area contributed by atoms with Gasteiger partial charge in [0.15, 0.2) is 11.6 Å². The lowest BCUT2D eigenvalue weighted by Crippen LogP contribution is -2.08. The predicted octanol–water partition coefficient (Wildman–Crippen LogP) is 4.61. The molecule has 96 valence electrons. The fraction of sp³-hybridized carbons (Fsp3) is 0.455. The summed E-state index contributed by atoms with van der Waals surface area (Å²) >= 11 is 3.11. The largest absolute Gasteiger partial charge is 0.494 e. The van der Waals surface area contributed by atoms with Crippen LogP contribution in [0.4, 0.5) is 17.6 Å². The minimum Gasteiger partial charge on any atom is -0.494 e. The lowest BCUT2D eigenvalue weighted by Gasteiger charge is -2.13. The van der Waals surface area contributed by atoms with Crippen molar-refractivity contribution in [3.8, 4) is 5.75 Å². The van der Waals surface area contributed by atoms with Crippen LogP contribution in [-0.4, -0.2) is 13.3 Å². The van der Waals surface area contributed by atoms with E-state index in [0.717, 1.165) is 0 Å². The molecule has 0 bridgehead atoms. The molecular formula is C11H11BrF4O. The van der Waals surface area contributed by atoms with Crippen molar-refractivity contribution in [2.45, 2.75) is 23.8 Å². The first kappa shape index (κ1) is 14.3. The van der Waals surface area contributed by atoms with Crippen LogP contribution >= 0.6 is 15.9 Å². The molecule has 0 heterocycles. The van der Waals surface area contributed by atoms with E-state index in [1.807, 2.05) is 0 Å². The Labute approximate surface area is 105 Å². The van der Waals surface area contributed by atoms with Gasteiger partial charge in [0.1, 0.15) is 0 Å². The van der Waals surface area contributed by atoms with Crippen molar-refractivity contribution < 1.29 is 22.3 Å². The standard InChI is InChI=1S/C11H11BrF4O/c1-17-10-3-2-7(6-9(10)13)8(12)4-5-11(14,15)16/h2-3,6,8H,4-5H2,1H3. The van der Waals surface area contributed by atoms with Gasteiger partial charge in [-0.25, -0.2) is 4.39 Å². The molecule has 1 atom stereocenters. The molecule has 0 aliphatic carbocycles. The van der Waals surface area contributed by atoms with Gasteiger partial charge in [-0.3, -0.25) is 0 Å². The highest BCUT2D eigenvalue weighted by Gasteiger charge is 2.28. The lowest BCUT2D eigenvalue weighted by atomic mass is 10.1. The molecule has 1 aromatic carbocycles. The summed E-state index contributed by atoms with van der Waals surface area (Å²) in [6.45, 7) is 0. The molecule has 0 aliphatic rings. The Morgan fingerprint density at radius 1 is 1.35 bits per heavy atom. The highest BCUT2D eigenvalue weighted by molar-refractivity contribution is 9.09. The molecule has 1 nitrogen and oxygen atoms in total. The van der Waals surface area contributed by atoms with Crippen LogP contribution in [-0.2, 0) is 0 Å². The van der Waals surface area contributed by atoms with Gasteiger partial charge in [0.25, 0.3) is 0 Å². The maximum Gasteiger partial charge on any atom is 0.389 e. The van der Waals surface area contributed by atoms with Gasteiger partial charge in [-0.05, 0) is 24.1 Å². The van der Waals surface area contributed by atoms with Crippen molar-refractivity contribution in [1.82, 2.24) is 0 Å². The number of hydrogen-bond donors (Lipinski definition) is 0. The SMILES string of the molecule is COc1ccc(C(Br)CCC(F)(F)F)cc1F. The molecule has 6 heteroatoms. The first-order valence-corrected chi connectivity index (χ1v) is 5.79. The zero-order chi connectivity index (χ0) is 13.1. The molecular weight excluding hydrogens is 304 g/mol. The van der Waals surface area contributed by atoms with Crippen LogP contribution in [0.2, 0.25) is 0 Å². The summed E-state index contributed by atoms with van der Waals surface area (Å²) in [6, 6.07) is 4.11. The molecule has 0 radical (unpaired) electrons. The van der Waals surface area contributed by atoms with E-state index in [2.05, 4.69) is 15.9 Å². The average molecular weight is 315 g/mol. The van der Waals surface area contributed by atoms with Gasteiger partial charge in [0, 0.05) is 11.2 Å². The fourth-order valence-electron chi connectivity index (χ4n) is 1.33. The first-order chi connectivity index (χ1) is 7.83. The van der Waals surface area contributed by atoms with Crippen LogP contribution in [0.5, 0.6) is 5.75 Å². The van der Waals surface area contributed by atoms with Crippen molar-refractivity contribution >= 4 is 15.9 Å². The Morgan fingerprint density at radius 3 is 2.47 bits per heavy atom. The smallest absolute Gasteiger partial charge is 0.389 e. The number of halogens is 5. The fourth-order valence-corrected chi connectivity index (χ4v) is 1.85. The molecule has 0 aromatic heterocycles. The van der Waals surface area contributed by atoms with Crippen molar-refractivity contribution in [3.05, 3.63) is 29.6 Å². The third-order valence-corrected chi connectivity index (χ3v) is 3.21. The minimum absolute atomic E-state index is 0.0734.